The number of hydrogen-bond donors (Lipinski definition) is 1. The molecule has 20 heavy (non-hydrogen) atoms. The number of benzene rings is 2. The summed E-state index contributed by atoms with van der Waals surface area (Å²) < 4.78 is 9.68. The largest absolute Gasteiger partial charge is 0.491 e. The molecule has 1 atom stereocenters. The quantitative estimate of drug-likeness (QED) is 0.660. The summed E-state index contributed by atoms with van der Waals surface area (Å²) in [5.74, 6) is 0.948. The maximum Gasteiger partial charge on any atom is 0.178 e. The fraction of sp³-hybridized carbons (Fsp3) is 0.133. The summed E-state index contributed by atoms with van der Waals surface area (Å²) in [5, 5.41) is 0. The van der Waals surface area contributed by atoms with Crippen molar-refractivity contribution in [3.05, 3.63) is 57.3 Å². The van der Waals surface area contributed by atoms with Crippen LogP contribution in [0.25, 0.3) is 11.0 Å². The smallest absolute Gasteiger partial charge is 0.178 e. The molecule has 1 aliphatic heterocycles. The second-order valence-corrected chi connectivity index (χ2v) is 6.13. The molecule has 0 aliphatic carbocycles. The van der Waals surface area contributed by atoms with E-state index in [-0.39, 0.29) is 6.04 Å². The van der Waals surface area contributed by atoms with Crippen molar-refractivity contribution in [3.8, 4) is 5.75 Å². The maximum atomic E-state index is 5.78. The molecule has 0 radical (unpaired) electrons. The van der Waals surface area contributed by atoms with Gasteiger partial charge in [-0.05, 0) is 36.5 Å². The Balaban J connectivity index is 1.98. The Bertz CT molecular complexity index is 868. The third-order valence-electron chi connectivity index (χ3n) is 3.67. The van der Waals surface area contributed by atoms with Crippen molar-refractivity contribution in [2.75, 3.05) is 6.61 Å². The molecule has 1 aliphatic rings. The zero-order valence-electron chi connectivity index (χ0n) is 10.5. The van der Waals surface area contributed by atoms with Crippen molar-refractivity contribution in [1.29, 1.82) is 0 Å². The molecule has 4 rings (SSSR count). The van der Waals surface area contributed by atoms with Gasteiger partial charge in [-0.25, -0.2) is 0 Å². The summed E-state index contributed by atoms with van der Waals surface area (Å²) in [5.41, 5.74) is 3.32. The summed E-state index contributed by atoms with van der Waals surface area (Å²) in [6, 6.07) is 14.4. The average Bonchev–Trinajstić information content (AvgIpc) is 2.99. The first-order valence-electron chi connectivity index (χ1n) is 6.35. The van der Waals surface area contributed by atoms with E-state index in [1.54, 1.807) is 0 Å². The molecule has 0 spiro atoms. The van der Waals surface area contributed by atoms with Crippen LogP contribution < -0.4 is 4.74 Å². The molecule has 5 heteroatoms. The lowest BCUT2D eigenvalue weighted by molar-refractivity contribution is 0.318. The molecule has 1 N–H and O–H groups in total. The van der Waals surface area contributed by atoms with Crippen LogP contribution in [0.1, 0.15) is 11.6 Å². The molecule has 3 aromatic rings. The fourth-order valence-electron chi connectivity index (χ4n) is 2.76. The Labute approximate surface area is 129 Å². The van der Waals surface area contributed by atoms with Gasteiger partial charge in [-0.1, -0.05) is 34.1 Å². The average molecular weight is 347 g/mol. The second kappa shape index (κ2) is 4.46. The van der Waals surface area contributed by atoms with Crippen molar-refractivity contribution in [2.24, 2.45) is 0 Å². The Hall–Kier alpha value is -1.59. The van der Waals surface area contributed by atoms with Gasteiger partial charge in [0.1, 0.15) is 12.4 Å². The normalized spacial score (nSPS) is 17.1. The fourth-order valence-corrected chi connectivity index (χ4v) is 3.45. The van der Waals surface area contributed by atoms with Crippen molar-refractivity contribution >= 4 is 39.2 Å². The number of aromatic amines is 1. The van der Waals surface area contributed by atoms with Crippen LogP contribution in [-0.4, -0.2) is 16.2 Å². The van der Waals surface area contributed by atoms with Gasteiger partial charge in [0.2, 0.25) is 0 Å². The number of H-pyrrole nitrogens is 1. The Morgan fingerprint density at radius 3 is 3.00 bits per heavy atom. The summed E-state index contributed by atoms with van der Waals surface area (Å²) in [4.78, 5) is 3.26. The van der Waals surface area contributed by atoms with E-state index < -0.39 is 0 Å². The first kappa shape index (κ1) is 12.2. The predicted octanol–water partition coefficient (Wildman–Crippen LogP) is 4.44. The zero-order chi connectivity index (χ0) is 13.7. The van der Waals surface area contributed by atoms with Crippen molar-refractivity contribution in [1.82, 2.24) is 9.55 Å². The highest BCUT2D eigenvalue weighted by Gasteiger charge is 2.27. The van der Waals surface area contributed by atoms with Gasteiger partial charge in [0.05, 0.1) is 17.1 Å². The van der Waals surface area contributed by atoms with Gasteiger partial charge in [-0.3, -0.25) is 0 Å². The number of nitrogens with one attached hydrogen (secondary N) is 1. The molecule has 1 aromatic heterocycles. The minimum absolute atomic E-state index is 0.127. The first-order chi connectivity index (χ1) is 9.74. The van der Waals surface area contributed by atoms with Crippen LogP contribution in [-0.2, 0) is 0 Å². The number of imidazole rings is 1. The minimum Gasteiger partial charge on any atom is -0.491 e. The van der Waals surface area contributed by atoms with E-state index in [2.05, 4.69) is 37.6 Å². The maximum absolute atomic E-state index is 5.78. The SMILES string of the molecule is S=c1[nH]c2ccc(Br)cc2n1C1COc2ccccc21. The highest BCUT2D eigenvalue weighted by Crippen LogP contribution is 2.36. The van der Waals surface area contributed by atoms with Gasteiger partial charge in [-0.15, -0.1) is 0 Å². The second-order valence-electron chi connectivity index (χ2n) is 4.83. The molecule has 2 heterocycles. The number of rotatable bonds is 1. The Morgan fingerprint density at radius 1 is 1.25 bits per heavy atom. The van der Waals surface area contributed by atoms with Crippen molar-refractivity contribution < 1.29 is 4.74 Å². The molecule has 0 saturated carbocycles. The molecule has 0 bridgehead atoms. The van der Waals surface area contributed by atoms with Gasteiger partial charge in [-0.2, -0.15) is 0 Å². The lowest BCUT2D eigenvalue weighted by Crippen LogP contribution is -2.12. The van der Waals surface area contributed by atoms with Gasteiger partial charge >= 0.3 is 0 Å². The van der Waals surface area contributed by atoms with Crippen LogP contribution in [0, 0.1) is 4.77 Å². The molecule has 0 saturated heterocycles. The zero-order valence-corrected chi connectivity index (χ0v) is 12.9. The number of para-hydroxylation sites is 1. The number of aromatic nitrogens is 2. The van der Waals surface area contributed by atoms with E-state index in [4.69, 9.17) is 17.0 Å². The molecule has 0 amide bonds. The summed E-state index contributed by atoms with van der Waals surface area (Å²) in [7, 11) is 0. The number of nitrogens with zero attached hydrogens (tertiary/aromatic N) is 1. The van der Waals surface area contributed by atoms with Crippen molar-refractivity contribution in [3.63, 3.8) is 0 Å². The number of ether oxygens (including phenoxy) is 1. The third-order valence-corrected chi connectivity index (χ3v) is 4.46. The standard InChI is InChI=1S/C15H11BrN2OS/c16-9-5-6-11-12(7-9)18(15(20)17-11)13-8-19-14-4-2-1-3-10(13)14/h1-7,13H,8H2,(H,17,20). The lowest BCUT2D eigenvalue weighted by atomic mass is 10.1. The summed E-state index contributed by atoms with van der Waals surface area (Å²) in [6.07, 6.45) is 0. The van der Waals surface area contributed by atoms with Crippen LogP contribution in [0.2, 0.25) is 0 Å². The van der Waals surface area contributed by atoms with E-state index in [0.717, 1.165) is 26.0 Å². The van der Waals surface area contributed by atoms with Gasteiger partial charge in [0.25, 0.3) is 0 Å². The monoisotopic (exact) mass is 346 g/mol. The molecule has 2 aromatic carbocycles. The van der Waals surface area contributed by atoms with Crippen LogP contribution >= 0.6 is 28.1 Å². The summed E-state index contributed by atoms with van der Waals surface area (Å²) >= 11 is 9.02. The molecule has 3 nitrogen and oxygen atoms in total. The number of halogens is 1. The van der Waals surface area contributed by atoms with Crippen LogP contribution in [0.5, 0.6) is 5.75 Å². The highest BCUT2D eigenvalue weighted by molar-refractivity contribution is 9.10. The van der Waals surface area contributed by atoms with Crippen LogP contribution in [0.4, 0.5) is 0 Å². The Kier molecular flexibility index (Phi) is 2.72. The van der Waals surface area contributed by atoms with Gasteiger partial charge in [0.15, 0.2) is 4.77 Å². The van der Waals surface area contributed by atoms with E-state index in [1.165, 1.54) is 5.56 Å². The van der Waals surface area contributed by atoms with Crippen LogP contribution in [0.3, 0.4) is 0 Å². The minimum atomic E-state index is 0.127. The van der Waals surface area contributed by atoms with E-state index >= 15 is 0 Å². The predicted molar refractivity (Wildman–Crippen MR) is 84.9 cm³/mol. The third kappa shape index (κ3) is 1.73. The number of hydrogen-bond acceptors (Lipinski definition) is 2. The molecule has 100 valence electrons. The van der Waals surface area contributed by atoms with Crippen LogP contribution in [0.15, 0.2) is 46.9 Å². The van der Waals surface area contributed by atoms with E-state index in [9.17, 15) is 0 Å². The van der Waals surface area contributed by atoms with Gasteiger partial charge in [0, 0.05) is 10.0 Å². The number of fused-ring (bicyclic) bond motifs is 2. The van der Waals surface area contributed by atoms with E-state index in [0.29, 0.717) is 6.61 Å². The van der Waals surface area contributed by atoms with Gasteiger partial charge < -0.3 is 14.3 Å². The summed E-state index contributed by atoms with van der Waals surface area (Å²) in [6.45, 7) is 0.618. The molecule has 0 fully saturated rings. The topological polar surface area (TPSA) is 29.9 Å². The van der Waals surface area contributed by atoms with Crippen molar-refractivity contribution in [2.45, 2.75) is 6.04 Å². The molecular weight excluding hydrogens is 336 g/mol. The highest BCUT2D eigenvalue weighted by atomic mass is 79.9. The lowest BCUT2D eigenvalue weighted by Gasteiger charge is -2.12. The van der Waals surface area contributed by atoms with E-state index in [1.807, 2.05) is 30.3 Å². The first-order valence-corrected chi connectivity index (χ1v) is 7.55. The Morgan fingerprint density at radius 2 is 2.10 bits per heavy atom. The molecule has 1 unspecified atom stereocenters. The molecular formula is C15H11BrN2OS.